The lowest BCUT2D eigenvalue weighted by Crippen LogP contribution is -2.44. The van der Waals surface area contributed by atoms with E-state index in [0.717, 1.165) is 18.8 Å². The second-order valence-electron chi connectivity index (χ2n) is 7.90. The smallest absolute Gasteiger partial charge is 0.192 e. The molecule has 1 nitrogen and oxygen atoms in total. The molecule has 3 atom stereocenters. The number of rotatable bonds is 9. The van der Waals surface area contributed by atoms with E-state index in [1.54, 1.807) is 0 Å². The standard InChI is InChI=1S/C21H40OSi/c1-8-23(9-2,10-3)22-21-16-18(6)14-15-20(21)19(7)13-11-12-17(4)5/h12,18,20-21H,7-11,13-16H2,1-6H3/t18-,20+,21-/m1/s1. The van der Waals surface area contributed by atoms with E-state index in [9.17, 15) is 0 Å². The molecule has 0 amide bonds. The first-order valence-corrected chi connectivity index (χ1v) is 12.4. The van der Waals surface area contributed by atoms with Crippen molar-refractivity contribution in [1.82, 2.24) is 0 Å². The van der Waals surface area contributed by atoms with E-state index in [1.807, 2.05) is 0 Å². The highest BCUT2D eigenvalue weighted by atomic mass is 28.4. The maximum Gasteiger partial charge on any atom is 0.192 e. The summed E-state index contributed by atoms with van der Waals surface area (Å²) in [4.78, 5) is 0. The second kappa shape index (κ2) is 9.83. The molecule has 1 saturated carbocycles. The van der Waals surface area contributed by atoms with Gasteiger partial charge < -0.3 is 4.43 Å². The maximum absolute atomic E-state index is 6.92. The average Bonchev–Trinajstić information content (AvgIpc) is 2.52. The van der Waals surface area contributed by atoms with E-state index >= 15 is 0 Å². The molecule has 1 fully saturated rings. The lowest BCUT2D eigenvalue weighted by atomic mass is 9.76. The van der Waals surface area contributed by atoms with E-state index in [2.05, 4.69) is 54.2 Å². The molecule has 0 radical (unpaired) electrons. The molecular formula is C21H40OSi. The summed E-state index contributed by atoms with van der Waals surface area (Å²) in [6.07, 6.45) is 8.90. The third-order valence-electron chi connectivity index (χ3n) is 5.93. The maximum atomic E-state index is 6.92. The minimum Gasteiger partial charge on any atom is -0.413 e. The van der Waals surface area contributed by atoms with Gasteiger partial charge in [-0.15, -0.1) is 0 Å². The Morgan fingerprint density at radius 3 is 2.26 bits per heavy atom. The topological polar surface area (TPSA) is 9.23 Å². The summed E-state index contributed by atoms with van der Waals surface area (Å²) < 4.78 is 6.92. The summed E-state index contributed by atoms with van der Waals surface area (Å²) in [5.41, 5.74) is 2.85. The quantitative estimate of drug-likeness (QED) is 0.322. The lowest BCUT2D eigenvalue weighted by Gasteiger charge is -2.42. The Labute approximate surface area is 146 Å². The van der Waals surface area contributed by atoms with Crippen molar-refractivity contribution >= 4 is 8.32 Å². The number of allylic oxidation sites excluding steroid dienone is 2. The SMILES string of the molecule is C=C(CCC=C(C)C)[C@@H]1CC[C@@H](C)C[C@H]1O[Si](CC)(CC)CC. The summed E-state index contributed by atoms with van der Waals surface area (Å²) >= 11 is 0. The molecule has 0 aliphatic heterocycles. The Morgan fingerprint density at radius 1 is 1.13 bits per heavy atom. The number of hydrogen-bond acceptors (Lipinski definition) is 1. The van der Waals surface area contributed by atoms with Gasteiger partial charge in [0.2, 0.25) is 0 Å². The highest BCUT2D eigenvalue weighted by molar-refractivity contribution is 6.73. The molecule has 23 heavy (non-hydrogen) atoms. The molecule has 0 spiro atoms. The van der Waals surface area contributed by atoms with Gasteiger partial charge in [0, 0.05) is 5.92 Å². The third-order valence-corrected chi connectivity index (χ3v) is 10.6. The predicted molar refractivity (Wildman–Crippen MR) is 106 cm³/mol. The van der Waals surface area contributed by atoms with E-state index in [1.165, 1.54) is 48.5 Å². The molecule has 0 heterocycles. The summed E-state index contributed by atoms with van der Waals surface area (Å²) in [5.74, 6) is 1.40. The molecule has 1 aliphatic carbocycles. The highest BCUT2D eigenvalue weighted by Gasteiger charge is 2.38. The molecule has 0 aromatic carbocycles. The fraction of sp³-hybridized carbons (Fsp3) is 0.810. The molecule has 1 aliphatic rings. The van der Waals surface area contributed by atoms with Gasteiger partial charge in [-0.2, -0.15) is 0 Å². The average molecular weight is 337 g/mol. The molecule has 0 unspecified atom stereocenters. The van der Waals surface area contributed by atoms with Crippen molar-refractivity contribution in [3.63, 3.8) is 0 Å². The van der Waals surface area contributed by atoms with Crippen LogP contribution < -0.4 is 0 Å². The van der Waals surface area contributed by atoms with Crippen LogP contribution in [-0.2, 0) is 4.43 Å². The first-order valence-electron chi connectivity index (χ1n) is 9.86. The van der Waals surface area contributed by atoms with Gasteiger partial charge in [-0.3, -0.25) is 0 Å². The van der Waals surface area contributed by atoms with Crippen LogP contribution in [-0.4, -0.2) is 14.4 Å². The summed E-state index contributed by atoms with van der Waals surface area (Å²) in [6.45, 7) is 18.2. The van der Waals surface area contributed by atoms with Crippen LogP contribution in [0.25, 0.3) is 0 Å². The molecule has 0 bridgehead atoms. The number of hydrogen-bond donors (Lipinski definition) is 0. The Kier molecular flexibility index (Phi) is 8.85. The van der Waals surface area contributed by atoms with Gasteiger partial charge in [-0.05, 0) is 70.0 Å². The first kappa shape index (κ1) is 20.7. The van der Waals surface area contributed by atoms with Gasteiger partial charge >= 0.3 is 0 Å². The fourth-order valence-corrected chi connectivity index (χ4v) is 6.88. The van der Waals surface area contributed by atoms with Gasteiger partial charge in [-0.25, -0.2) is 0 Å². The normalized spacial score (nSPS) is 25.2. The Bertz CT molecular complexity index is 382. The van der Waals surface area contributed by atoms with Crippen LogP contribution in [0.3, 0.4) is 0 Å². The van der Waals surface area contributed by atoms with Crippen molar-refractivity contribution in [2.75, 3.05) is 0 Å². The van der Waals surface area contributed by atoms with Crippen molar-refractivity contribution < 1.29 is 4.43 Å². The van der Waals surface area contributed by atoms with Crippen LogP contribution in [0.5, 0.6) is 0 Å². The zero-order chi connectivity index (χ0) is 17.5. The van der Waals surface area contributed by atoms with Gasteiger partial charge in [0.1, 0.15) is 0 Å². The van der Waals surface area contributed by atoms with Gasteiger partial charge in [0.25, 0.3) is 0 Å². The van der Waals surface area contributed by atoms with Crippen LogP contribution in [0.4, 0.5) is 0 Å². The summed E-state index contributed by atoms with van der Waals surface area (Å²) in [6, 6.07) is 3.76. The summed E-state index contributed by atoms with van der Waals surface area (Å²) in [5, 5.41) is 0. The van der Waals surface area contributed by atoms with E-state index in [0.29, 0.717) is 12.0 Å². The van der Waals surface area contributed by atoms with Crippen molar-refractivity contribution in [2.24, 2.45) is 11.8 Å². The minimum atomic E-state index is -1.52. The van der Waals surface area contributed by atoms with E-state index in [-0.39, 0.29) is 0 Å². The van der Waals surface area contributed by atoms with Crippen LogP contribution in [0.15, 0.2) is 23.8 Å². The Hall–Kier alpha value is -0.343. The molecule has 0 aromatic rings. The predicted octanol–water partition coefficient (Wildman–Crippen LogP) is 7.12. The molecule has 134 valence electrons. The summed E-state index contributed by atoms with van der Waals surface area (Å²) in [7, 11) is -1.52. The molecule has 0 aromatic heterocycles. The monoisotopic (exact) mass is 336 g/mol. The van der Waals surface area contributed by atoms with Gasteiger partial charge in [-0.1, -0.05) is 51.5 Å². The Morgan fingerprint density at radius 2 is 1.74 bits per heavy atom. The highest BCUT2D eigenvalue weighted by Crippen LogP contribution is 2.39. The lowest BCUT2D eigenvalue weighted by molar-refractivity contribution is 0.0757. The second-order valence-corrected chi connectivity index (χ2v) is 12.6. The zero-order valence-electron chi connectivity index (χ0n) is 16.6. The fourth-order valence-electron chi connectivity index (χ4n) is 3.98. The third kappa shape index (κ3) is 6.23. The van der Waals surface area contributed by atoms with Gasteiger partial charge in [0.05, 0.1) is 6.10 Å². The zero-order valence-corrected chi connectivity index (χ0v) is 17.6. The molecule has 0 saturated heterocycles. The van der Waals surface area contributed by atoms with Crippen molar-refractivity contribution in [3.8, 4) is 0 Å². The first-order chi connectivity index (χ1) is 10.9. The van der Waals surface area contributed by atoms with Crippen molar-refractivity contribution in [2.45, 2.75) is 97.9 Å². The minimum absolute atomic E-state index is 0.435. The van der Waals surface area contributed by atoms with E-state index < -0.39 is 8.32 Å². The Balaban J connectivity index is 2.78. The molecule has 0 N–H and O–H groups in total. The molecule has 1 rings (SSSR count). The van der Waals surface area contributed by atoms with Crippen molar-refractivity contribution in [3.05, 3.63) is 23.8 Å². The van der Waals surface area contributed by atoms with Crippen LogP contribution in [0.2, 0.25) is 18.1 Å². The van der Waals surface area contributed by atoms with E-state index in [4.69, 9.17) is 4.43 Å². The van der Waals surface area contributed by atoms with Crippen molar-refractivity contribution in [1.29, 1.82) is 0 Å². The molecule has 2 heteroatoms. The molecular weight excluding hydrogens is 296 g/mol. The van der Waals surface area contributed by atoms with Gasteiger partial charge in [0.15, 0.2) is 8.32 Å². The van der Waals surface area contributed by atoms with Crippen LogP contribution in [0, 0.1) is 11.8 Å². The largest absolute Gasteiger partial charge is 0.413 e. The van der Waals surface area contributed by atoms with Crippen LogP contribution in [0.1, 0.15) is 73.6 Å². The van der Waals surface area contributed by atoms with Crippen LogP contribution >= 0.6 is 0 Å².